The van der Waals surface area contributed by atoms with E-state index >= 15 is 0 Å². The number of nitrogens with zero attached hydrogens (tertiary/aromatic N) is 2. The maximum Gasteiger partial charge on any atom is 0.259 e. The number of benzene rings is 3. The second-order valence-electron chi connectivity index (χ2n) is 13.5. The summed E-state index contributed by atoms with van der Waals surface area (Å²) in [6, 6.07) is 24.6. The maximum atomic E-state index is 13.5. The zero-order valence-corrected chi connectivity index (χ0v) is 38.3. The van der Waals surface area contributed by atoms with E-state index in [1.54, 1.807) is 35.1 Å². The second-order valence-corrected chi connectivity index (χ2v) is 14.4. The summed E-state index contributed by atoms with van der Waals surface area (Å²) in [7, 11) is 0. The van der Waals surface area contributed by atoms with Crippen LogP contribution < -0.4 is 15.8 Å². The maximum absolute atomic E-state index is 13.5. The molecule has 1 aromatic heterocycles. The van der Waals surface area contributed by atoms with Gasteiger partial charge in [0, 0.05) is 28.5 Å². The highest BCUT2D eigenvalue weighted by atomic mass is 79.9. The monoisotopic (exact) mass is 960 g/mol. The Kier molecular flexibility index (Phi) is 29.2. The minimum atomic E-state index is -0.266. The predicted molar refractivity (Wildman–Crippen MR) is 245 cm³/mol. The number of anilines is 1. The molecule has 354 valence electrons. The summed E-state index contributed by atoms with van der Waals surface area (Å²) in [6.45, 7) is 11.7. The lowest BCUT2D eigenvalue weighted by atomic mass is 10.1. The van der Waals surface area contributed by atoms with E-state index in [4.69, 9.17) is 67.7 Å². The van der Waals surface area contributed by atoms with Gasteiger partial charge in [0.05, 0.1) is 157 Å². The smallest absolute Gasteiger partial charge is 0.259 e. The number of rotatable bonds is 40. The van der Waals surface area contributed by atoms with Crippen LogP contribution in [0.15, 0.2) is 89.5 Å². The van der Waals surface area contributed by atoms with Crippen molar-refractivity contribution in [3.05, 3.63) is 95.1 Å². The highest BCUT2D eigenvalue weighted by molar-refractivity contribution is 9.10. The molecule has 0 atom stereocenters. The number of carbonyl (C=O) groups excluding carboxylic acids is 1. The van der Waals surface area contributed by atoms with Gasteiger partial charge in [-0.05, 0) is 48.5 Å². The molecule has 0 aliphatic carbocycles. The Labute approximate surface area is 385 Å². The molecule has 0 saturated heterocycles. The largest absolute Gasteiger partial charge is 0.491 e. The van der Waals surface area contributed by atoms with E-state index < -0.39 is 0 Å². The molecule has 0 aliphatic heterocycles. The average molecular weight is 962 g/mol. The number of carbonyl (C=O) groups is 1. The molecule has 1 amide bonds. The third-order valence-electron chi connectivity index (χ3n) is 8.69. The highest BCUT2D eigenvalue weighted by Crippen LogP contribution is 2.27. The number of halogens is 1. The van der Waals surface area contributed by atoms with Crippen LogP contribution in [0.25, 0.3) is 16.9 Å². The molecule has 0 spiro atoms. The van der Waals surface area contributed by atoms with Crippen molar-refractivity contribution in [1.29, 1.82) is 0 Å². The molecular weight excluding hydrogens is 896 g/mol. The molecule has 0 bridgehead atoms. The summed E-state index contributed by atoms with van der Waals surface area (Å²) >= 11 is 3.48. The number of hydrogen-bond acceptors (Lipinski definition) is 15. The van der Waals surface area contributed by atoms with Crippen molar-refractivity contribution in [2.75, 3.05) is 164 Å². The van der Waals surface area contributed by atoms with Crippen LogP contribution in [0.2, 0.25) is 0 Å². The van der Waals surface area contributed by atoms with Crippen LogP contribution in [-0.2, 0) is 52.1 Å². The quantitative estimate of drug-likeness (QED) is 0.0563. The molecule has 17 nitrogen and oxygen atoms in total. The number of hydrogen-bond donors (Lipinski definition) is 2. The topological polar surface area (TPSA) is 184 Å². The summed E-state index contributed by atoms with van der Waals surface area (Å²) in [5.74, 6) is 0.400. The number of nitrogens with one attached hydrogen (secondary N) is 1. The minimum Gasteiger partial charge on any atom is -0.491 e. The van der Waals surface area contributed by atoms with Crippen molar-refractivity contribution in [1.82, 2.24) is 9.78 Å². The number of ether oxygens (including phenoxy) is 12. The van der Waals surface area contributed by atoms with Crippen LogP contribution in [0.3, 0.4) is 0 Å². The second kappa shape index (κ2) is 35.4. The molecule has 0 unspecified atom stereocenters. The van der Waals surface area contributed by atoms with E-state index in [2.05, 4.69) is 21.2 Å². The van der Waals surface area contributed by atoms with Crippen molar-refractivity contribution in [2.24, 2.45) is 5.73 Å². The van der Waals surface area contributed by atoms with Gasteiger partial charge in [0.15, 0.2) is 0 Å². The highest BCUT2D eigenvalue weighted by Gasteiger charge is 2.19. The number of aromatic nitrogens is 2. The molecule has 3 N–H and O–H groups in total. The van der Waals surface area contributed by atoms with Gasteiger partial charge < -0.3 is 67.9 Å². The molecule has 18 heteroatoms. The summed E-state index contributed by atoms with van der Waals surface area (Å²) < 4.78 is 68.7. The van der Waals surface area contributed by atoms with Gasteiger partial charge in [0.25, 0.3) is 5.91 Å². The van der Waals surface area contributed by atoms with Gasteiger partial charge in [-0.25, -0.2) is 4.68 Å². The molecule has 4 aromatic rings. The first-order valence-electron chi connectivity index (χ1n) is 21.6. The fourth-order valence-electron chi connectivity index (χ4n) is 5.51. The van der Waals surface area contributed by atoms with Gasteiger partial charge in [0.2, 0.25) is 0 Å². The third kappa shape index (κ3) is 23.9. The fraction of sp³-hybridized carbons (Fsp3) is 0.522. The normalized spacial score (nSPS) is 11.3. The summed E-state index contributed by atoms with van der Waals surface area (Å²) in [5.41, 5.74) is 8.72. The predicted octanol–water partition coefficient (Wildman–Crippen LogP) is 5.07. The van der Waals surface area contributed by atoms with Crippen LogP contribution in [0, 0.1) is 0 Å². The molecule has 1 heterocycles. The molecule has 0 radical (unpaired) electrons. The molecule has 0 saturated carbocycles. The van der Waals surface area contributed by atoms with Gasteiger partial charge in [-0.3, -0.25) is 4.79 Å². The van der Waals surface area contributed by atoms with Gasteiger partial charge >= 0.3 is 0 Å². The van der Waals surface area contributed by atoms with Crippen molar-refractivity contribution in [3.63, 3.8) is 0 Å². The molecule has 4 rings (SSSR count). The number of nitrogens with two attached hydrogens (primary N) is 1. The lowest BCUT2D eigenvalue weighted by Crippen LogP contribution is -2.16. The average Bonchev–Trinajstić information content (AvgIpc) is 3.77. The molecule has 0 aliphatic rings. The van der Waals surface area contributed by atoms with Gasteiger partial charge in [-0.1, -0.05) is 46.3 Å². The molecule has 64 heavy (non-hydrogen) atoms. The van der Waals surface area contributed by atoms with E-state index in [1.807, 2.05) is 54.6 Å². The Morgan fingerprint density at radius 1 is 0.500 bits per heavy atom. The van der Waals surface area contributed by atoms with Crippen LogP contribution in [-0.4, -0.2) is 174 Å². The van der Waals surface area contributed by atoms with Crippen LogP contribution in [0.5, 0.6) is 5.75 Å². The van der Waals surface area contributed by atoms with Crippen molar-refractivity contribution >= 4 is 27.5 Å². The minimum absolute atomic E-state index is 0.266. The van der Waals surface area contributed by atoms with E-state index in [-0.39, 0.29) is 5.91 Å². The molecule has 3 aromatic carbocycles. The van der Waals surface area contributed by atoms with Crippen LogP contribution in [0.1, 0.15) is 10.4 Å². The Morgan fingerprint density at radius 3 is 1.30 bits per heavy atom. The standard InChI is InChI=1S/C46H65BrN4O13/c47-40-8-6-39(7-9-40)45-44(38-51(50-45)42-4-2-1-3-5-42)46(52)49-41-10-12-43(13-11-41)64-37-36-63-35-34-62-33-32-61-31-30-60-29-28-59-27-26-58-25-24-57-23-22-56-21-20-55-19-18-54-17-16-53-15-14-48/h1-13,38H,14-37,48H2,(H,49,52). The van der Waals surface area contributed by atoms with Crippen LogP contribution in [0.4, 0.5) is 5.69 Å². The molecular formula is C46H65BrN4O13. The van der Waals surface area contributed by atoms with Crippen molar-refractivity contribution < 1.29 is 61.6 Å². The lowest BCUT2D eigenvalue weighted by Gasteiger charge is -2.10. The van der Waals surface area contributed by atoms with E-state index in [9.17, 15) is 4.79 Å². The summed E-state index contributed by atoms with van der Waals surface area (Å²) in [6.07, 6.45) is 1.75. The fourth-order valence-corrected chi connectivity index (χ4v) is 5.77. The first-order valence-corrected chi connectivity index (χ1v) is 22.4. The Balaban J connectivity index is 0.876. The van der Waals surface area contributed by atoms with Crippen LogP contribution >= 0.6 is 15.9 Å². The zero-order valence-electron chi connectivity index (χ0n) is 36.7. The summed E-state index contributed by atoms with van der Waals surface area (Å²) in [5, 5.41) is 7.74. The lowest BCUT2D eigenvalue weighted by molar-refractivity contribution is -0.0276. The summed E-state index contributed by atoms with van der Waals surface area (Å²) in [4.78, 5) is 13.5. The van der Waals surface area contributed by atoms with Crippen molar-refractivity contribution in [3.8, 4) is 22.7 Å². The Hall–Kier alpha value is -3.86. The first kappa shape index (κ1) is 52.8. The van der Waals surface area contributed by atoms with Gasteiger partial charge in [0.1, 0.15) is 18.1 Å². The Bertz CT molecular complexity index is 1740. The van der Waals surface area contributed by atoms with Gasteiger partial charge in [-0.15, -0.1) is 0 Å². The van der Waals surface area contributed by atoms with Crippen molar-refractivity contribution in [2.45, 2.75) is 0 Å². The van der Waals surface area contributed by atoms with Gasteiger partial charge in [-0.2, -0.15) is 5.10 Å². The van der Waals surface area contributed by atoms with E-state index in [0.717, 1.165) is 15.7 Å². The van der Waals surface area contributed by atoms with E-state index in [1.165, 1.54) is 0 Å². The molecule has 0 fully saturated rings. The first-order chi connectivity index (χ1) is 31.6. The number of amides is 1. The van der Waals surface area contributed by atoms with E-state index in [0.29, 0.717) is 181 Å². The third-order valence-corrected chi connectivity index (χ3v) is 9.22. The SMILES string of the molecule is NCCOCCOCCOCCOCCOCCOCCOCCOCCOCCOCCOCCOc1ccc(NC(=O)c2cn(-c3ccccc3)nc2-c2ccc(Br)cc2)cc1. The Morgan fingerprint density at radius 2 is 0.891 bits per heavy atom. The number of para-hydroxylation sites is 1. The zero-order chi connectivity index (χ0) is 45.0.